The van der Waals surface area contributed by atoms with Gasteiger partial charge in [-0.3, -0.25) is 14.4 Å². The Labute approximate surface area is 222 Å². The Balaban J connectivity index is 1.57. The lowest BCUT2D eigenvalue weighted by Crippen LogP contribution is -2.58. The van der Waals surface area contributed by atoms with Crippen molar-refractivity contribution < 1.29 is 44.3 Å². The van der Waals surface area contributed by atoms with E-state index in [4.69, 9.17) is 16.9 Å². The van der Waals surface area contributed by atoms with E-state index < -0.39 is 64.2 Å². The smallest absolute Gasteiger partial charge is 0.317 e. The number of rotatable bonds is 3. The number of benzene rings is 1. The van der Waals surface area contributed by atoms with Crippen LogP contribution in [0.5, 0.6) is 5.75 Å². The quantitative estimate of drug-likeness (QED) is 0.226. The van der Waals surface area contributed by atoms with Gasteiger partial charge in [0.15, 0.2) is 11.4 Å². The van der Waals surface area contributed by atoms with E-state index in [0.717, 1.165) is 0 Å². The monoisotopic (exact) mass is 537 g/mol. The van der Waals surface area contributed by atoms with Gasteiger partial charge < -0.3 is 41.1 Å². The topological polar surface area (TPSA) is 200 Å². The molecule has 0 radical (unpaired) electrons. The van der Waals surface area contributed by atoms with E-state index in [1.165, 1.54) is 6.07 Å². The highest BCUT2D eigenvalue weighted by Gasteiger charge is 2.60. The van der Waals surface area contributed by atoms with Crippen molar-refractivity contribution in [3.8, 4) is 18.1 Å². The maximum atomic E-state index is 13.6. The van der Waals surface area contributed by atoms with Crippen molar-refractivity contribution >= 4 is 29.3 Å². The molecule has 5 rings (SSSR count). The Bertz CT molecular complexity index is 1430. The molecular formula is C27H27N3O9. The fourth-order valence-corrected chi connectivity index (χ4v) is 6.08. The minimum atomic E-state index is -2.65. The van der Waals surface area contributed by atoms with Crippen LogP contribution in [0.1, 0.15) is 35.1 Å². The number of carbonyl (C=O) groups is 4. The van der Waals surface area contributed by atoms with Gasteiger partial charge in [0.1, 0.15) is 22.8 Å². The summed E-state index contributed by atoms with van der Waals surface area (Å²) in [4.78, 5) is 52.2. The van der Waals surface area contributed by atoms with Crippen molar-refractivity contribution in [2.75, 3.05) is 26.3 Å². The van der Waals surface area contributed by atoms with Gasteiger partial charge in [-0.25, -0.2) is 4.79 Å². The molecule has 0 unspecified atom stereocenters. The molecule has 4 aliphatic rings. The average molecular weight is 538 g/mol. The minimum Gasteiger partial charge on any atom is -0.508 e. The predicted octanol–water partition coefficient (Wildman–Crippen LogP) is -0.0530. The van der Waals surface area contributed by atoms with Gasteiger partial charge in [-0.15, -0.1) is 6.42 Å². The zero-order valence-corrected chi connectivity index (χ0v) is 20.8. The summed E-state index contributed by atoms with van der Waals surface area (Å²) >= 11 is 0. The van der Waals surface area contributed by atoms with Crippen LogP contribution in [0.25, 0.3) is 5.76 Å². The van der Waals surface area contributed by atoms with E-state index in [1.807, 2.05) is 0 Å². The van der Waals surface area contributed by atoms with Crippen molar-refractivity contribution in [3.63, 3.8) is 0 Å². The Kier molecular flexibility index (Phi) is 6.36. The molecule has 1 heterocycles. The molecule has 1 aliphatic heterocycles. The van der Waals surface area contributed by atoms with Crippen molar-refractivity contribution in [1.82, 2.24) is 10.2 Å². The Hall–Kier alpha value is -4.34. The number of aliphatic hydroxyl groups excluding tert-OH is 2. The second-order valence-corrected chi connectivity index (χ2v) is 10.1. The summed E-state index contributed by atoms with van der Waals surface area (Å²) < 4.78 is 5.26. The summed E-state index contributed by atoms with van der Waals surface area (Å²) in [7, 11) is 0. The Morgan fingerprint density at radius 3 is 2.54 bits per heavy atom. The van der Waals surface area contributed by atoms with Gasteiger partial charge in [0.25, 0.3) is 5.91 Å². The molecule has 1 aromatic carbocycles. The number of phenolic OH excluding ortho intramolecular Hbond substituents is 1. The van der Waals surface area contributed by atoms with Crippen LogP contribution in [0.3, 0.4) is 0 Å². The van der Waals surface area contributed by atoms with Crippen LogP contribution in [-0.4, -0.2) is 80.7 Å². The molecule has 0 spiro atoms. The van der Waals surface area contributed by atoms with Gasteiger partial charge in [0.2, 0.25) is 5.78 Å². The number of nitrogens with zero attached hydrogens (tertiary/aromatic N) is 1. The molecule has 3 aliphatic carbocycles. The molecule has 7 N–H and O–H groups in total. The van der Waals surface area contributed by atoms with Gasteiger partial charge in [0, 0.05) is 37.5 Å². The summed E-state index contributed by atoms with van der Waals surface area (Å²) in [6, 6.07) is 1.19. The fourth-order valence-electron chi connectivity index (χ4n) is 6.08. The molecule has 3 amide bonds. The highest BCUT2D eigenvalue weighted by atomic mass is 16.5. The molecule has 12 nitrogen and oxygen atoms in total. The Morgan fingerprint density at radius 2 is 1.90 bits per heavy atom. The largest absolute Gasteiger partial charge is 0.508 e. The number of primary amides is 1. The molecule has 1 saturated carbocycles. The maximum Gasteiger partial charge on any atom is 0.317 e. The van der Waals surface area contributed by atoms with Crippen molar-refractivity contribution in [2.24, 2.45) is 17.6 Å². The molecule has 39 heavy (non-hydrogen) atoms. The number of terminal acetylenes is 1. The second-order valence-electron chi connectivity index (χ2n) is 10.1. The summed E-state index contributed by atoms with van der Waals surface area (Å²) in [5.41, 5.74) is 2.29. The van der Waals surface area contributed by atoms with Gasteiger partial charge in [-0.05, 0) is 36.0 Å². The van der Waals surface area contributed by atoms with Gasteiger partial charge in [0.05, 0.1) is 24.3 Å². The van der Waals surface area contributed by atoms with E-state index in [2.05, 4.69) is 11.2 Å². The number of ether oxygens (including phenoxy) is 1. The van der Waals surface area contributed by atoms with Crippen molar-refractivity contribution in [1.29, 1.82) is 0 Å². The zero-order chi connectivity index (χ0) is 28.2. The number of ketones is 2. The zero-order valence-electron chi connectivity index (χ0n) is 20.8. The molecule has 1 saturated heterocycles. The number of carbonyl (C=O) groups excluding carboxylic acids is 4. The number of hydrogen-bond donors (Lipinski definition) is 6. The van der Waals surface area contributed by atoms with E-state index in [0.29, 0.717) is 37.4 Å². The maximum absolute atomic E-state index is 13.6. The highest BCUT2D eigenvalue weighted by Crippen LogP contribution is 2.52. The van der Waals surface area contributed by atoms with Crippen LogP contribution in [-0.2, 0) is 32.1 Å². The third kappa shape index (κ3) is 3.93. The third-order valence-corrected chi connectivity index (χ3v) is 8.04. The van der Waals surface area contributed by atoms with Crippen LogP contribution in [0.4, 0.5) is 4.79 Å². The highest BCUT2D eigenvalue weighted by molar-refractivity contribution is 6.22. The number of phenols is 1. The van der Waals surface area contributed by atoms with Crippen LogP contribution in [0.15, 0.2) is 23.0 Å². The normalized spacial score (nSPS) is 26.4. The summed E-state index contributed by atoms with van der Waals surface area (Å²) in [5, 5.41) is 47.0. The molecule has 1 aromatic rings. The third-order valence-electron chi connectivity index (χ3n) is 8.04. The molecule has 2 fully saturated rings. The first kappa shape index (κ1) is 26.3. The number of aliphatic hydroxyl groups is 3. The number of fused-ring (bicyclic) bond motifs is 3. The van der Waals surface area contributed by atoms with E-state index in [-0.39, 0.29) is 42.1 Å². The Morgan fingerprint density at radius 1 is 1.21 bits per heavy atom. The lowest BCUT2D eigenvalue weighted by Gasteiger charge is -2.46. The molecule has 12 heteroatoms. The number of amides is 3. The molecular weight excluding hydrogens is 510 g/mol. The van der Waals surface area contributed by atoms with Gasteiger partial charge in [-0.1, -0.05) is 5.92 Å². The first-order valence-corrected chi connectivity index (χ1v) is 12.4. The summed E-state index contributed by atoms with van der Waals surface area (Å²) in [5.74, 6) is -4.86. The van der Waals surface area contributed by atoms with Crippen LogP contribution < -0.4 is 11.1 Å². The van der Waals surface area contributed by atoms with E-state index in [9.17, 15) is 39.6 Å². The number of nitrogens with two attached hydrogens (primary N) is 1. The number of morpholine rings is 1. The average Bonchev–Trinajstić information content (AvgIpc) is 2.90. The standard InChI is InChI=1S/C27H27N3O9/c1-2-12-7-14(11-29-26(37)30-3-5-39-6-4-30)16-9-13-8-15-10-17(31)20(25(28)36)24(35)27(15,38)23(34)18(13)22(33)19(16)21(12)32/h1,7,13,15,32-33,35,38H,3-6,8-11H2,(H2,28,36)(H,29,37)/t13-,15+,27+/m1/s1. The van der Waals surface area contributed by atoms with E-state index in [1.54, 1.807) is 4.90 Å². The van der Waals surface area contributed by atoms with Crippen molar-refractivity contribution in [3.05, 3.63) is 45.2 Å². The summed E-state index contributed by atoms with van der Waals surface area (Å²) in [6.07, 6.45) is 5.27. The van der Waals surface area contributed by atoms with Crippen LogP contribution in [0, 0.1) is 24.2 Å². The molecule has 204 valence electrons. The number of urea groups is 1. The molecule has 0 aromatic heterocycles. The lowest BCUT2D eigenvalue weighted by molar-refractivity contribution is -0.147. The van der Waals surface area contributed by atoms with Gasteiger partial charge >= 0.3 is 6.03 Å². The summed E-state index contributed by atoms with van der Waals surface area (Å²) in [6.45, 7) is 1.69. The van der Waals surface area contributed by atoms with Crippen molar-refractivity contribution in [2.45, 2.75) is 31.4 Å². The SMILES string of the molecule is C#Cc1cc(CNC(=O)N2CCOCC2)c2c(c1O)C(O)=C1C(=O)[C@]3(O)C(O)=C(C(N)=O)C(=O)C[C@@H]3C[C@@H]1C2. The van der Waals surface area contributed by atoms with Crippen LogP contribution >= 0.6 is 0 Å². The number of aromatic hydroxyl groups is 1. The molecule has 0 bridgehead atoms. The fraction of sp³-hybridized carbons (Fsp3) is 0.407. The lowest BCUT2D eigenvalue weighted by atomic mass is 9.59. The molecule has 3 atom stereocenters. The van der Waals surface area contributed by atoms with E-state index >= 15 is 0 Å². The van der Waals surface area contributed by atoms with Gasteiger partial charge in [-0.2, -0.15) is 0 Å². The van der Waals surface area contributed by atoms with Crippen LogP contribution in [0.2, 0.25) is 0 Å². The first-order valence-electron chi connectivity index (χ1n) is 12.4. The number of nitrogens with one attached hydrogen (secondary N) is 1. The minimum absolute atomic E-state index is 0.000143. The number of hydrogen-bond acceptors (Lipinski definition) is 9. The number of Topliss-reactive ketones (excluding diaryl/α,β-unsaturated/α-hetero) is 2. The second kappa shape index (κ2) is 9.44. The first-order chi connectivity index (χ1) is 18.5. The predicted molar refractivity (Wildman–Crippen MR) is 134 cm³/mol.